The summed E-state index contributed by atoms with van der Waals surface area (Å²) in [5.41, 5.74) is -0.181. The summed E-state index contributed by atoms with van der Waals surface area (Å²) < 4.78 is 0. The summed E-state index contributed by atoms with van der Waals surface area (Å²) in [6, 6.07) is 8.01. The Morgan fingerprint density at radius 3 is 2.57 bits per heavy atom. The lowest BCUT2D eigenvalue weighted by Crippen LogP contribution is -2.46. The number of hydrogen-bond acceptors (Lipinski definition) is 3. The van der Waals surface area contributed by atoms with Gasteiger partial charge in [0.05, 0.1) is 0 Å². The Labute approximate surface area is 134 Å². The first-order valence-electron chi connectivity index (χ1n) is 7.57. The molecular weight excluding hydrogens is 294 g/mol. The number of fused-ring (bicyclic) bond motifs is 1. The molecule has 2 aromatic rings. The third-order valence-electron chi connectivity index (χ3n) is 3.57. The number of H-pyrrole nitrogens is 1. The van der Waals surface area contributed by atoms with E-state index in [9.17, 15) is 14.4 Å². The molecule has 2 rings (SSSR count). The fourth-order valence-corrected chi connectivity index (χ4v) is 2.45. The zero-order valence-corrected chi connectivity index (χ0v) is 13.5. The van der Waals surface area contributed by atoms with Crippen molar-refractivity contribution in [3.05, 3.63) is 46.4 Å². The maximum Gasteiger partial charge on any atom is 0.268 e. The predicted molar refractivity (Wildman–Crippen MR) is 89.3 cm³/mol. The quantitative estimate of drug-likeness (QED) is 0.779. The van der Waals surface area contributed by atoms with Crippen LogP contribution in [-0.2, 0) is 4.79 Å². The SMILES string of the molecule is CNC(=O)[C@H](CC(C)C)NC(=O)c1cc2ccccc2c(=O)[nH]1. The molecule has 3 N–H and O–H groups in total. The van der Waals surface area contributed by atoms with E-state index >= 15 is 0 Å². The van der Waals surface area contributed by atoms with Crippen molar-refractivity contribution in [3.63, 3.8) is 0 Å². The van der Waals surface area contributed by atoms with E-state index in [1.54, 1.807) is 30.3 Å². The van der Waals surface area contributed by atoms with Gasteiger partial charge < -0.3 is 15.6 Å². The monoisotopic (exact) mass is 315 g/mol. The van der Waals surface area contributed by atoms with E-state index in [0.717, 1.165) is 0 Å². The number of pyridine rings is 1. The molecule has 0 unspecified atom stereocenters. The van der Waals surface area contributed by atoms with E-state index in [0.29, 0.717) is 17.2 Å². The van der Waals surface area contributed by atoms with Crippen molar-refractivity contribution >= 4 is 22.6 Å². The van der Waals surface area contributed by atoms with Crippen LogP contribution in [0.1, 0.15) is 30.8 Å². The highest BCUT2D eigenvalue weighted by atomic mass is 16.2. The zero-order valence-electron chi connectivity index (χ0n) is 13.5. The lowest BCUT2D eigenvalue weighted by atomic mass is 10.0. The second kappa shape index (κ2) is 7.09. The number of amides is 2. The zero-order chi connectivity index (χ0) is 17.0. The molecular formula is C17H21N3O3. The van der Waals surface area contributed by atoms with Gasteiger partial charge in [-0.3, -0.25) is 14.4 Å². The van der Waals surface area contributed by atoms with Crippen LogP contribution < -0.4 is 16.2 Å². The third kappa shape index (κ3) is 3.97. The number of carbonyl (C=O) groups is 2. The van der Waals surface area contributed by atoms with Gasteiger partial charge in [-0.15, -0.1) is 0 Å². The van der Waals surface area contributed by atoms with Crippen LogP contribution in [0.2, 0.25) is 0 Å². The number of carbonyl (C=O) groups excluding carboxylic acids is 2. The van der Waals surface area contributed by atoms with Crippen LogP contribution in [0.5, 0.6) is 0 Å². The Bertz CT molecular complexity index is 780. The fourth-order valence-electron chi connectivity index (χ4n) is 2.45. The first kappa shape index (κ1) is 16.7. The molecule has 1 heterocycles. The average molecular weight is 315 g/mol. The highest BCUT2D eigenvalue weighted by Crippen LogP contribution is 2.11. The number of rotatable bonds is 5. The van der Waals surface area contributed by atoms with E-state index < -0.39 is 11.9 Å². The molecule has 0 spiro atoms. The number of nitrogens with one attached hydrogen (secondary N) is 3. The van der Waals surface area contributed by atoms with Gasteiger partial charge in [0.2, 0.25) is 5.91 Å². The normalized spacial score (nSPS) is 12.2. The molecule has 0 saturated carbocycles. The third-order valence-corrected chi connectivity index (χ3v) is 3.57. The molecule has 122 valence electrons. The second-order valence-electron chi connectivity index (χ2n) is 5.87. The summed E-state index contributed by atoms with van der Waals surface area (Å²) in [5, 5.41) is 6.43. The van der Waals surface area contributed by atoms with E-state index in [-0.39, 0.29) is 23.1 Å². The van der Waals surface area contributed by atoms with Gasteiger partial charge in [-0.2, -0.15) is 0 Å². The lowest BCUT2D eigenvalue weighted by Gasteiger charge is -2.19. The average Bonchev–Trinajstić information content (AvgIpc) is 2.53. The van der Waals surface area contributed by atoms with Crippen LogP contribution in [0.15, 0.2) is 35.1 Å². The number of likely N-dealkylation sites (N-methyl/N-ethyl adjacent to an activating group) is 1. The summed E-state index contributed by atoms with van der Waals surface area (Å²) in [7, 11) is 1.53. The van der Waals surface area contributed by atoms with Gasteiger partial charge in [-0.1, -0.05) is 32.0 Å². The smallest absolute Gasteiger partial charge is 0.268 e. The Balaban J connectivity index is 2.28. The number of hydrogen-bond donors (Lipinski definition) is 3. The van der Waals surface area contributed by atoms with Crippen molar-refractivity contribution in [2.24, 2.45) is 5.92 Å². The predicted octanol–water partition coefficient (Wildman–Crippen LogP) is 1.42. The van der Waals surface area contributed by atoms with Crippen molar-refractivity contribution in [1.82, 2.24) is 15.6 Å². The summed E-state index contributed by atoms with van der Waals surface area (Å²) >= 11 is 0. The Kier molecular flexibility index (Phi) is 5.16. The summed E-state index contributed by atoms with van der Waals surface area (Å²) in [5.74, 6) is -0.481. The van der Waals surface area contributed by atoms with Crippen molar-refractivity contribution in [3.8, 4) is 0 Å². The van der Waals surface area contributed by atoms with Crippen molar-refractivity contribution in [2.45, 2.75) is 26.3 Å². The van der Waals surface area contributed by atoms with Crippen molar-refractivity contribution in [1.29, 1.82) is 0 Å². The summed E-state index contributed by atoms with van der Waals surface area (Å²) in [6.07, 6.45) is 0.517. The van der Waals surface area contributed by atoms with Crippen LogP contribution >= 0.6 is 0 Å². The van der Waals surface area contributed by atoms with Crippen LogP contribution in [0.4, 0.5) is 0 Å². The highest BCUT2D eigenvalue weighted by Gasteiger charge is 2.22. The second-order valence-corrected chi connectivity index (χ2v) is 5.87. The Hall–Kier alpha value is -2.63. The molecule has 6 nitrogen and oxygen atoms in total. The van der Waals surface area contributed by atoms with Crippen LogP contribution in [0.25, 0.3) is 10.8 Å². The summed E-state index contributed by atoms with van der Waals surface area (Å²) in [4.78, 5) is 38.9. The van der Waals surface area contributed by atoms with Gasteiger partial charge in [0.25, 0.3) is 11.5 Å². The molecule has 0 aliphatic heterocycles. The van der Waals surface area contributed by atoms with Gasteiger partial charge in [-0.25, -0.2) is 0 Å². The molecule has 6 heteroatoms. The Morgan fingerprint density at radius 2 is 1.91 bits per heavy atom. The van der Waals surface area contributed by atoms with Gasteiger partial charge in [-0.05, 0) is 29.9 Å². The van der Waals surface area contributed by atoms with Crippen LogP contribution in [0, 0.1) is 5.92 Å². The van der Waals surface area contributed by atoms with Crippen molar-refractivity contribution < 1.29 is 9.59 Å². The summed E-state index contributed by atoms with van der Waals surface area (Å²) in [6.45, 7) is 3.94. The molecule has 0 aliphatic carbocycles. The van der Waals surface area contributed by atoms with E-state index in [2.05, 4.69) is 15.6 Å². The molecule has 0 fully saturated rings. The van der Waals surface area contributed by atoms with Gasteiger partial charge >= 0.3 is 0 Å². The Morgan fingerprint density at radius 1 is 1.22 bits per heavy atom. The molecule has 23 heavy (non-hydrogen) atoms. The minimum atomic E-state index is -0.637. The van der Waals surface area contributed by atoms with Gasteiger partial charge in [0.15, 0.2) is 0 Å². The minimum absolute atomic E-state index is 0.145. The molecule has 0 radical (unpaired) electrons. The minimum Gasteiger partial charge on any atom is -0.357 e. The number of aromatic amines is 1. The van der Waals surface area contributed by atoms with E-state index in [1.165, 1.54) is 7.05 Å². The van der Waals surface area contributed by atoms with Crippen molar-refractivity contribution in [2.75, 3.05) is 7.05 Å². The molecule has 1 aromatic carbocycles. The maximum atomic E-state index is 12.4. The molecule has 0 aliphatic rings. The molecule has 0 bridgehead atoms. The maximum absolute atomic E-state index is 12.4. The van der Waals surface area contributed by atoms with Crippen LogP contribution in [-0.4, -0.2) is 29.9 Å². The largest absolute Gasteiger partial charge is 0.357 e. The van der Waals surface area contributed by atoms with Gasteiger partial charge in [0.1, 0.15) is 11.7 Å². The van der Waals surface area contributed by atoms with Crippen LogP contribution in [0.3, 0.4) is 0 Å². The molecule has 0 saturated heterocycles. The number of aromatic nitrogens is 1. The highest BCUT2D eigenvalue weighted by molar-refractivity contribution is 5.98. The topological polar surface area (TPSA) is 91.1 Å². The van der Waals surface area contributed by atoms with Gasteiger partial charge in [0, 0.05) is 12.4 Å². The number of benzene rings is 1. The molecule has 1 aromatic heterocycles. The standard InChI is InChI=1S/C17H21N3O3/c1-10(2)8-13(16(22)18-3)20-17(23)14-9-11-6-4-5-7-12(11)15(21)19-14/h4-7,9-10,13H,8H2,1-3H3,(H,18,22)(H,19,21)(H,20,23)/t13-/m0/s1. The molecule has 2 amide bonds. The lowest BCUT2D eigenvalue weighted by molar-refractivity contribution is -0.122. The van der Waals surface area contributed by atoms with E-state index in [1.807, 2.05) is 13.8 Å². The van der Waals surface area contributed by atoms with E-state index in [4.69, 9.17) is 0 Å². The first-order chi connectivity index (χ1) is 10.9. The molecule has 1 atom stereocenters. The fraction of sp³-hybridized carbons (Fsp3) is 0.353. The first-order valence-corrected chi connectivity index (χ1v) is 7.57.